The highest BCUT2D eigenvalue weighted by atomic mass is 14.7. The average molecular weight is 198 g/mol. The maximum Gasteiger partial charge on any atom is 0.0733 e. The molecule has 0 aliphatic rings. The van der Waals surface area contributed by atoms with Crippen molar-refractivity contribution in [1.82, 2.24) is 4.98 Å². The standard InChI is InChI=1S/C13H14N2/c1-3-10(8-14)13-9(2)15-12-7-5-4-6-11(12)13/h4-7,10,15H,3H2,1-2H3. The van der Waals surface area contributed by atoms with E-state index in [2.05, 4.69) is 30.1 Å². The molecule has 1 aromatic heterocycles. The van der Waals surface area contributed by atoms with Gasteiger partial charge < -0.3 is 4.98 Å². The summed E-state index contributed by atoms with van der Waals surface area (Å²) >= 11 is 0. The van der Waals surface area contributed by atoms with Crippen LogP contribution in [-0.4, -0.2) is 4.98 Å². The molecule has 1 heterocycles. The Hall–Kier alpha value is -1.75. The molecular formula is C13H14N2. The van der Waals surface area contributed by atoms with Crippen LogP contribution in [0, 0.1) is 18.3 Å². The molecule has 76 valence electrons. The van der Waals surface area contributed by atoms with Gasteiger partial charge in [-0.05, 0) is 25.0 Å². The average Bonchev–Trinajstić information content (AvgIpc) is 2.58. The molecule has 2 heteroatoms. The number of hydrogen-bond donors (Lipinski definition) is 1. The third kappa shape index (κ3) is 1.50. The van der Waals surface area contributed by atoms with Crippen molar-refractivity contribution < 1.29 is 0 Å². The smallest absolute Gasteiger partial charge is 0.0733 e. The Morgan fingerprint density at radius 1 is 1.40 bits per heavy atom. The summed E-state index contributed by atoms with van der Waals surface area (Å²) in [7, 11) is 0. The van der Waals surface area contributed by atoms with E-state index in [1.807, 2.05) is 19.1 Å². The summed E-state index contributed by atoms with van der Waals surface area (Å²) in [6, 6.07) is 10.5. The van der Waals surface area contributed by atoms with Crippen LogP contribution in [0.2, 0.25) is 0 Å². The third-order valence-electron chi connectivity index (χ3n) is 2.86. The molecule has 0 aliphatic carbocycles. The fourth-order valence-electron chi connectivity index (χ4n) is 2.11. The molecule has 0 radical (unpaired) electrons. The first kappa shape index (κ1) is 9.79. The zero-order valence-corrected chi connectivity index (χ0v) is 9.04. The number of hydrogen-bond acceptors (Lipinski definition) is 1. The van der Waals surface area contributed by atoms with E-state index in [4.69, 9.17) is 5.26 Å². The number of fused-ring (bicyclic) bond motifs is 1. The van der Waals surface area contributed by atoms with Crippen molar-refractivity contribution in [3.8, 4) is 6.07 Å². The Bertz CT molecular complexity index is 517. The second-order valence-corrected chi connectivity index (χ2v) is 3.80. The number of H-pyrrole nitrogens is 1. The lowest BCUT2D eigenvalue weighted by Gasteiger charge is -2.05. The van der Waals surface area contributed by atoms with Crippen LogP contribution < -0.4 is 0 Å². The SMILES string of the molecule is CCC(C#N)c1c(C)[nH]c2ccccc12. The number of nitrogens with one attached hydrogen (secondary N) is 1. The van der Waals surface area contributed by atoms with Gasteiger partial charge in [0.25, 0.3) is 0 Å². The number of nitriles is 1. The van der Waals surface area contributed by atoms with Gasteiger partial charge in [-0.1, -0.05) is 25.1 Å². The fraction of sp³-hybridized carbons (Fsp3) is 0.308. The quantitative estimate of drug-likeness (QED) is 0.788. The molecule has 0 saturated carbocycles. The Morgan fingerprint density at radius 2 is 2.13 bits per heavy atom. The molecule has 0 aliphatic heterocycles. The predicted molar refractivity (Wildman–Crippen MR) is 61.7 cm³/mol. The number of aromatic amines is 1. The Labute approximate surface area is 89.5 Å². The van der Waals surface area contributed by atoms with Crippen LogP contribution in [0.1, 0.15) is 30.5 Å². The van der Waals surface area contributed by atoms with Gasteiger partial charge in [0.1, 0.15) is 0 Å². The van der Waals surface area contributed by atoms with Gasteiger partial charge in [0.2, 0.25) is 0 Å². The highest BCUT2D eigenvalue weighted by Gasteiger charge is 2.16. The van der Waals surface area contributed by atoms with E-state index in [9.17, 15) is 0 Å². The van der Waals surface area contributed by atoms with Crippen molar-refractivity contribution in [3.05, 3.63) is 35.5 Å². The summed E-state index contributed by atoms with van der Waals surface area (Å²) < 4.78 is 0. The Kier molecular flexibility index (Phi) is 2.47. The van der Waals surface area contributed by atoms with E-state index in [1.165, 1.54) is 5.39 Å². The Balaban J connectivity index is 2.69. The molecule has 0 bridgehead atoms. The van der Waals surface area contributed by atoms with E-state index in [1.54, 1.807) is 0 Å². The van der Waals surface area contributed by atoms with Crippen molar-refractivity contribution in [2.45, 2.75) is 26.2 Å². The van der Waals surface area contributed by atoms with Crippen LogP contribution in [0.25, 0.3) is 10.9 Å². The molecule has 0 spiro atoms. The van der Waals surface area contributed by atoms with Gasteiger partial charge in [0, 0.05) is 16.6 Å². The van der Waals surface area contributed by atoms with Crippen molar-refractivity contribution in [1.29, 1.82) is 5.26 Å². The van der Waals surface area contributed by atoms with Crippen molar-refractivity contribution in [2.24, 2.45) is 0 Å². The Morgan fingerprint density at radius 3 is 2.80 bits per heavy atom. The largest absolute Gasteiger partial charge is 0.358 e. The van der Waals surface area contributed by atoms with Crippen LogP contribution in [0.4, 0.5) is 0 Å². The predicted octanol–water partition coefficient (Wildman–Crippen LogP) is 3.49. The molecule has 0 amide bonds. The van der Waals surface area contributed by atoms with Crippen molar-refractivity contribution in [3.63, 3.8) is 0 Å². The van der Waals surface area contributed by atoms with E-state index < -0.39 is 0 Å². The van der Waals surface area contributed by atoms with Gasteiger partial charge in [-0.15, -0.1) is 0 Å². The zero-order chi connectivity index (χ0) is 10.8. The number of nitrogens with zero attached hydrogens (tertiary/aromatic N) is 1. The first-order chi connectivity index (χ1) is 7.27. The normalized spacial score (nSPS) is 12.6. The fourth-order valence-corrected chi connectivity index (χ4v) is 2.11. The lowest BCUT2D eigenvalue weighted by molar-refractivity contribution is 0.817. The second-order valence-electron chi connectivity index (χ2n) is 3.80. The van der Waals surface area contributed by atoms with Crippen molar-refractivity contribution in [2.75, 3.05) is 0 Å². The summed E-state index contributed by atoms with van der Waals surface area (Å²) in [5.41, 5.74) is 3.40. The summed E-state index contributed by atoms with van der Waals surface area (Å²) in [5, 5.41) is 10.3. The number of aromatic nitrogens is 1. The summed E-state index contributed by atoms with van der Waals surface area (Å²) in [6.07, 6.45) is 0.860. The minimum absolute atomic E-state index is 0.00106. The highest BCUT2D eigenvalue weighted by Crippen LogP contribution is 2.30. The first-order valence-electron chi connectivity index (χ1n) is 5.24. The van der Waals surface area contributed by atoms with Gasteiger partial charge in [-0.2, -0.15) is 5.26 Å². The molecule has 2 nitrogen and oxygen atoms in total. The molecule has 2 rings (SSSR count). The molecule has 0 fully saturated rings. The van der Waals surface area contributed by atoms with Gasteiger partial charge >= 0.3 is 0 Å². The first-order valence-corrected chi connectivity index (χ1v) is 5.24. The highest BCUT2D eigenvalue weighted by molar-refractivity contribution is 5.85. The molecule has 1 aromatic carbocycles. The van der Waals surface area contributed by atoms with Crippen LogP contribution in [0.15, 0.2) is 24.3 Å². The minimum Gasteiger partial charge on any atom is -0.358 e. The summed E-state index contributed by atoms with van der Waals surface area (Å²) in [6.45, 7) is 4.09. The van der Waals surface area contributed by atoms with Gasteiger partial charge in [0.15, 0.2) is 0 Å². The number of benzene rings is 1. The molecule has 15 heavy (non-hydrogen) atoms. The lowest BCUT2D eigenvalue weighted by atomic mass is 9.95. The summed E-state index contributed by atoms with van der Waals surface area (Å²) in [5.74, 6) is 0.00106. The summed E-state index contributed by atoms with van der Waals surface area (Å²) in [4.78, 5) is 3.33. The minimum atomic E-state index is 0.00106. The molecule has 2 aromatic rings. The maximum atomic E-state index is 9.12. The molecule has 1 atom stereocenters. The van der Waals surface area contributed by atoms with Crippen LogP contribution in [0.5, 0.6) is 0 Å². The van der Waals surface area contributed by atoms with Gasteiger partial charge in [0.05, 0.1) is 12.0 Å². The monoisotopic (exact) mass is 198 g/mol. The van der Waals surface area contributed by atoms with Gasteiger partial charge in [-0.25, -0.2) is 0 Å². The van der Waals surface area contributed by atoms with E-state index in [-0.39, 0.29) is 5.92 Å². The third-order valence-corrected chi connectivity index (χ3v) is 2.86. The zero-order valence-electron chi connectivity index (χ0n) is 9.04. The van der Waals surface area contributed by atoms with E-state index in [0.717, 1.165) is 23.2 Å². The van der Waals surface area contributed by atoms with Crippen LogP contribution in [-0.2, 0) is 0 Å². The molecule has 1 unspecified atom stereocenters. The van der Waals surface area contributed by atoms with Gasteiger partial charge in [-0.3, -0.25) is 0 Å². The lowest BCUT2D eigenvalue weighted by Crippen LogP contribution is -1.94. The van der Waals surface area contributed by atoms with E-state index in [0.29, 0.717) is 0 Å². The maximum absolute atomic E-state index is 9.12. The number of aryl methyl sites for hydroxylation is 1. The topological polar surface area (TPSA) is 39.6 Å². The number of para-hydroxylation sites is 1. The number of rotatable bonds is 2. The molecule has 0 saturated heterocycles. The van der Waals surface area contributed by atoms with Crippen molar-refractivity contribution >= 4 is 10.9 Å². The molecule has 1 N–H and O–H groups in total. The molecular weight excluding hydrogens is 184 g/mol. The van der Waals surface area contributed by atoms with Crippen LogP contribution >= 0.6 is 0 Å². The van der Waals surface area contributed by atoms with Crippen LogP contribution in [0.3, 0.4) is 0 Å². The van der Waals surface area contributed by atoms with E-state index >= 15 is 0 Å². The second kappa shape index (κ2) is 3.78.